The molecule has 0 saturated heterocycles. The molecule has 180 valence electrons. The van der Waals surface area contributed by atoms with Crippen molar-refractivity contribution in [3.63, 3.8) is 0 Å². The third-order valence-electron chi connectivity index (χ3n) is 6.81. The van der Waals surface area contributed by atoms with Crippen LogP contribution in [0.4, 0.5) is 0 Å². The summed E-state index contributed by atoms with van der Waals surface area (Å²) in [4.78, 5) is 13.8. The lowest BCUT2D eigenvalue weighted by atomic mass is 9.98. The highest BCUT2D eigenvalue weighted by atomic mass is 35.5. The van der Waals surface area contributed by atoms with Crippen LogP contribution in [0.3, 0.4) is 0 Å². The Morgan fingerprint density at radius 1 is 0.474 bits per heavy atom. The van der Waals surface area contributed by atoms with Gasteiger partial charge in [0.2, 0.25) is 5.28 Å². The van der Waals surface area contributed by atoms with Crippen LogP contribution < -0.4 is 0 Å². The zero-order valence-electron chi connectivity index (χ0n) is 20.3. The fourth-order valence-corrected chi connectivity index (χ4v) is 5.27. The average Bonchev–Trinajstić information content (AvgIpc) is 3.32. The van der Waals surface area contributed by atoms with Crippen molar-refractivity contribution in [1.82, 2.24) is 19.5 Å². The van der Waals surface area contributed by atoms with Gasteiger partial charge in [0.15, 0.2) is 11.6 Å². The number of hydrogen-bond donors (Lipinski definition) is 0. The molecule has 5 heteroatoms. The Bertz CT molecular complexity index is 1880. The SMILES string of the molecule is Clc1nc(-c2ccccc2)nc(-c2ccc(-n3c4ccccc4c4ccccc43)cc2-c2ccccc2)n1. The Hall–Kier alpha value is -4.80. The Kier molecular flexibility index (Phi) is 5.46. The first kappa shape index (κ1) is 22.4. The number of aromatic nitrogens is 4. The van der Waals surface area contributed by atoms with Crippen molar-refractivity contribution in [2.45, 2.75) is 0 Å². The molecule has 0 radical (unpaired) electrons. The molecule has 7 aromatic rings. The van der Waals surface area contributed by atoms with Crippen LogP contribution >= 0.6 is 11.6 Å². The zero-order chi connectivity index (χ0) is 25.5. The molecule has 0 saturated carbocycles. The summed E-state index contributed by atoms with van der Waals surface area (Å²) in [5.74, 6) is 1.09. The summed E-state index contributed by atoms with van der Waals surface area (Å²) in [7, 11) is 0. The first-order valence-corrected chi connectivity index (χ1v) is 12.8. The summed E-state index contributed by atoms with van der Waals surface area (Å²) in [6.07, 6.45) is 0. The van der Waals surface area contributed by atoms with Gasteiger partial charge in [0, 0.05) is 27.6 Å². The maximum atomic E-state index is 6.43. The maximum Gasteiger partial charge on any atom is 0.226 e. The third-order valence-corrected chi connectivity index (χ3v) is 6.98. The van der Waals surface area contributed by atoms with Crippen LogP contribution in [-0.4, -0.2) is 19.5 Å². The van der Waals surface area contributed by atoms with Crippen molar-refractivity contribution >= 4 is 33.4 Å². The molecule has 0 spiro atoms. The van der Waals surface area contributed by atoms with E-state index >= 15 is 0 Å². The van der Waals surface area contributed by atoms with Gasteiger partial charge < -0.3 is 4.57 Å². The second-order valence-electron chi connectivity index (χ2n) is 9.08. The fraction of sp³-hybridized carbons (Fsp3) is 0. The zero-order valence-corrected chi connectivity index (χ0v) is 21.0. The maximum absolute atomic E-state index is 6.43. The van der Waals surface area contributed by atoms with Gasteiger partial charge in [-0.15, -0.1) is 0 Å². The van der Waals surface area contributed by atoms with Crippen molar-refractivity contribution < 1.29 is 0 Å². The van der Waals surface area contributed by atoms with Gasteiger partial charge in [-0.3, -0.25) is 0 Å². The van der Waals surface area contributed by atoms with Gasteiger partial charge in [-0.05, 0) is 53.1 Å². The second-order valence-corrected chi connectivity index (χ2v) is 9.42. The lowest BCUT2D eigenvalue weighted by molar-refractivity contribution is 1.06. The van der Waals surface area contributed by atoms with Crippen LogP contribution in [0.15, 0.2) is 127 Å². The molecule has 2 heterocycles. The van der Waals surface area contributed by atoms with Crippen LogP contribution in [0, 0.1) is 0 Å². The van der Waals surface area contributed by atoms with Crippen molar-refractivity contribution in [3.05, 3.63) is 133 Å². The van der Waals surface area contributed by atoms with Gasteiger partial charge >= 0.3 is 0 Å². The number of nitrogens with zero attached hydrogens (tertiary/aromatic N) is 4. The van der Waals surface area contributed by atoms with Crippen molar-refractivity contribution in [1.29, 1.82) is 0 Å². The molecule has 0 bridgehead atoms. The molecule has 0 aliphatic heterocycles. The van der Waals surface area contributed by atoms with E-state index in [1.165, 1.54) is 10.8 Å². The van der Waals surface area contributed by atoms with E-state index < -0.39 is 0 Å². The van der Waals surface area contributed by atoms with E-state index in [9.17, 15) is 0 Å². The number of rotatable bonds is 4. The second kappa shape index (κ2) is 9.25. The summed E-state index contributed by atoms with van der Waals surface area (Å²) in [5, 5.41) is 2.62. The Morgan fingerprint density at radius 3 is 1.68 bits per heavy atom. The topological polar surface area (TPSA) is 43.6 Å². The average molecular weight is 509 g/mol. The minimum absolute atomic E-state index is 0.166. The summed E-state index contributed by atoms with van der Waals surface area (Å²) < 4.78 is 2.32. The predicted molar refractivity (Wildman–Crippen MR) is 155 cm³/mol. The predicted octanol–water partition coefficient (Wildman–Crippen LogP) is 8.62. The minimum atomic E-state index is 0.166. The standard InChI is InChI=1S/C33H21ClN4/c34-33-36-31(23-13-5-2-6-14-23)35-32(37-33)27-20-19-24(21-28(27)22-11-3-1-4-12-22)38-29-17-9-7-15-25(29)26-16-8-10-18-30(26)38/h1-21H. The first-order valence-electron chi connectivity index (χ1n) is 12.4. The smallest absolute Gasteiger partial charge is 0.226 e. The lowest BCUT2D eigenvalue weighted by Crippen LogP contribution is -2.00. The normalized spacial score (nSPS) is 11.3. The summed E-state index contributed by atoms with van der Waals surface area (Å²) >= 11 is 6.43. The van der Waals surface area contributed by atoms with Crippen molar-refractivity contribution in [2.24, 2.45) is 0 Å². The highest BCUT2D eigenvalue weighted by Gasteiger charge is 2.17. The van der Waals surface area contributed by atoms with Crippen LogP contribution in [-0.2, 0) is 0 Å². The van der Waals surface area contributed by atoms with Crippen LogP contribution in [0.5, 0.6) is 0 Å². The Labute approximate surface area is 224 Å². The van der Waals surface area contributed by atoms with Crippen molar-refractivity contribution in [3.8, 4) is 39.6 Å². The highest BCUT2D eigenvalue weighted by Crippen LogP contribution is 2.37. The van der Waals surface area contributed by atoms with Crippen LogP contribution in [0.1, 0.15) is 0 Å². The van der Waals surface area contributed by atoms with E-state index in [-0.39, 0.29) is 5.28 Å². The minimum Gasteiger partial charge on any atom is -0.309 e. The molecule has 5 aromatic carbocycles. The van der Waals surface area contributed by atoms with Gasteiger partial charge in [0.25, 0.3) is 0 Å². The molecule has 7 rings (SSSR count). The number of benzene rings is 5. The van der Waals surface area contributed by atoms with E-state index in [2.05, 4.69) is 93.4 Å². The Balaban J connectivity index is 1.48. The monoisotopic (exact) mass is 508 g/mol. The third kappa shape index (κ3) is 3.83. The number of hydrogen-bond acceptors (Lipinski definition) is 3. The van der Waals surface area contributed by atoms with E-state index in [0.29, 0.717) is 11.6 Å². The largest absolute Gasteiger partial charge is 0.309 e. The molecule has 0 N–H and O–H groups in total. The number of halogens is 1. The number of para-hydroxylation sites is 2. The molecular weight excluding hydrogens is 488 g/mol. The molecular formula is C33H21ClN4. The molecule has 0 fully saturated rings. The molecule has 2 aromatic heterocycles. The molecule has 0 aliphatic carbocycles. The number of fused-ring (bicyclic) bond motifs is 3. The van der Waals surface area contributed by atoms with Crippen molar-refractivity contribution in [2.75, 3.05) is 0 Å². The highest BCUT2D eigenvalue weighted by molar-refractivity contribution is 6.28. The summed E-state index contributed by atoms with van der Waals surface area (Å²) in [6.45, 7) is 0. The van der Waals surface area contributed by atoms with E-state index in [0.717, 1.165) is 39.0 Å². The van der Waals surface area contributed by atoms with Gasteiger partial charge in [0.05, 0.1) is 11.0 Å². The van der Waals surface area contributed by atoms with Gasteiger partial charge in [0.1, 0.15) is 0 Å². The molecule has 0 atom stereocenters. The van der Waals surface area contributed by atoms with E-state index in [1.807, 2.05) is 48.5 Å². The van der Waals surface area contributed by atoms with E-state index in [4.69, 9.17) is 16.6 Å². The molecule has 0 unspecified atom stereocenters. The molecule has 0 aliphatic rings. The quantitative estimate of drug-likeness (QED) is 0.239. The lowest BCUT2D eigenvalue weighted by Gasteiger charge is -2.15. The molecule has 38 heavy (non-hydrogen) atoms. The van der Waals surface area contributed by atoms with E-state index in [1.54, 1.807) is 0 Å². The fourth-order valence-electron chi connectivity index (χ4n) is 5.11. The molecule has 0 amide bonds. The summed E-state index contributed by atoms with van der Waals surface area (Å²) in [5.41, 5.74) is 7.26. The van der Waals surface area contributed by atoms with Crippen LogP contribution in [0.25, 0.3) is 61.4 Å². The Morgan fingerprint density at radius 2 is 1.03 bits per heavy atom. The van der Waals surface area contributed by atoms with Crippen LogP contribution in [0.2, 0.25) is 5.28 Å². The van der Waals surface area contributed by atoms with Gasteiger partial charge in [-0.2, -0.15) is 9.97 Å². The first-order chi connectivity index (χ1) is 18.8. The van der Waals surface area contributed by atoms with Gasteiger partial charge in [-0.25, -0.2) is 4.98 Å². The van der Waals surface area contributed by atoms with Gasteiger partial charge in [-0.1, -0.05) is 97.1 Å². The summed E-state index contributed by atoms with van der Waals surface area (Å²) in [6, 6.07) is 43.6. The molecule has 4 nitrogen and oxygen atoms in total.